The van der Waals surface area contributed by atoms with Crippen LogP contribution < -0.4 is 12.5 Å². The number of hydrogen-bond acceptors (Lipinski definition) is 5. The molecular weight excluding hydrogens is 402 g/mol. The molecule has 1 aromatic rings. The third-order valence-corrected chi connectivity index (χ3v) is 2.97. The van der Waals surface area contributed by atoms with Crippen LogP contribution in [0.25, 0.3) is 0 Å². The van der Waals surface area contributed by atoms with Gasteiger partial charge in [-0.1, -0.05) is 0 Å². The Morgan fingerprint density at radius 2 is 1.95 bits per heavy atom. The van der Waals surface area contributed by atoms with Gasteiger partial charge in [-0.3, -0.25) is 4.52 Å². The van der Waals surface area contributed by atoms with Crippen LogP contribution in [0.1, 0.15) is 13.8 Å². The first-order valence-electron chi connectivity index (χ1n) is 5.74. The zero-order chi connectivity index (χ0) is 15.2. The van der Waals surface area contributed by atoms with Gasteiger partial charge >= 0.3 is 7.82 Å². The maximum Gasteiger partial charge on any atom is 0.469 e. The van der Waals surface area contributed by atoms with Crippen LogP contribution in [-0.4, -0.2) is 29.1 Å². The number of benzene rings is 1. The fraction of sp³-hybridized carbons (Fsp3) is 0.455. The van der Waals surface area contributed by atoms with E-state index in [1.807, 2.05) is 13.8 Å². The lowest BCUT2D eigenvalue weighted by Crippen LogP contribution is -2.08. The topological polar surface area (TPSA) is 94.5 Å². The fourth-order valence-corrected chi connectivity index (χ4v) is 1.98. The molecule has 0 aliphatic carbocycles. The minimum Gasteiger partial charge on any atom is -0.491 e. The van der Waals surface area contributed by atoms with Gasteiger partial charge in [-0.15, -0.1) is 0 Å². The lowest BCUT2D eigenvalue weighted by molar-refractivity contribution is 0.160. The Morgan fingerprint density at radius 3 is 2.50 bits per heavy atom. The first kappa shape index (κ1) is 17.5. The predicted molar refractivity (Wildman–Crippen MR) is 80.3 cm³/mol. The molecule has 1 aromatic carbocycles. The summed E-state index contributed by atoms with van der Waals surface area (Å²) < 4.78 is 30.8. The Kier molecular flexibility index (Phi) is 7.04. The molecule has 0 radical (unpaired) electrons. The molecular formula is C11H16IO7P. The highest BCUT2D eigenvalue weighted by atomic mass is 127. The molecule has 0 aliphatic heterocycles. The third-order valence-electron chi connectivity index (χ3n) is 1.97. The van der Waals surface area contributed by atoms with Gasteiger partial charge in [0.05, 0.1) is 12.7 Å². The quantitative estimate of drug-likeness (QED) is 0.381. The minimum atomic E-state index is -4.45. The van der Waals surface area contributed by atoms with Gasteiger partial charge < -0.3 is 22.3 Å². The van der Waals surface area contributed by atoms with E-state index in [0.29, 0.717) is 17.2 Å². The van der Waals surface area contributed by atoms with Crippen LogP contribution in [0.15, 0.2) is 18.2 Å². The summed E-state index contributed by atoms with van der Waals surface area (Å²) in [6.07, 6.45) is -0.0199. The maximum absolute atomic E-state index is 10.5. The highest BCUT2D eigenvalue weighted by molar-refractivity contribution is 14.1. The van der Waals surface area contributed by atoms with Crippen LogP contribution >= 0.6 is 30.8 Å². The monoisotopic (exact) mass is 418 g/mol. The highest BCUT2D eigenvalue weighted by Crippen LogP contribution is 2.36. The molecule has 20 heavy (non-hydrogen) atoms. The zero-order valence-corrected chi connectivity index (χ0v) is 14.0. The Labute approximate surface area is 131 Å². The number of hydrogen-bond donors (Lipinski definition) is 2. The Hall–Kier alpha value is -0.540. The number of ether oxygens (including phenoxy) is 2. The van der Waals surface area contributed by atoms with Crippen molar-refractivity contribution < 1.29 is 31.4 Å². The summed E-state index contributed by atoms with van der Waals surface area (Å²) in [5.41, 5.74) is 0. The van der Waals surface area contributed by atoms with E-state index >= 15 is 0 Å². The first-order chi connectivity index (χ1) is 9.31. The van der Waals surface area contributed by atoms with Crippen molar-refractivity contribution in [2.24, 2.45) is 0 Å². The van der Waals surface area contributed by atoms with Crippen molar-refractivity contribution in [3.05, 3.63) is 18.2 Å². The van der Waals surface area contributed by atoms with Crippen molar-refractivity contribution in [3.63, 3.8) is 0 Å². The molecule has 0 heterocycles. The van der Waals surface area contributed by atoms with Gasteiger partial charge in [0.2, 0.25) is 0 Å². The summed E-state index contributed by atoms with van der Waals surface area (Å²) >= 11 is 1.75. The van der Waals surface area contributed by atoms with Crippen LogP contribution in [0.5, 0.6) is 17.2 Å². The molecule has 0 atom stereocenters. The number of rotatable bonds is 8. The smallest absolute Gasteiger partial charge is 0.469 e. The Bertz CT molecular complexity index is 474. The SMILES string of the molecule is CC(C)Oc1cc(OCCOP(=O)(O)O)ccc1OI. The second-order valence-corrected chi connectivity index (χ2v) is 5.70. The molecule has 9 heteroatoms. The van der Waals surface area contributed by atoms with E-state index in [1.54, 1.807) is 41.2 Å². The molecule has 0 saturated heterocycles. The summed E-state index contributed by atoms with van der Waals surface area (Å²) in [6.45, 7) is 3.57. The number of phosphoric acid groups is 1. The van der Waals surface area contributed by atoms with Gasteiger partial charge in [-0.25, -0.2) is 4.57 Å². The molecule has 0 aromatic heterocycles. The molecule has 0 aliphatic rings. The normalized spacial score (nSPS) is 11.5. The summed E-state index contributed by atoms with van der Waals surface area (Å²) in [5, 5.41) is 0. The fourth-order valence-electron chi connectivity index (χ4n) is 1.30. The highest BCUT2D eigenvalue weighted by Gasteiger charge is 2.13. The van der Waals surface area contributed by atoms with Gasteiger partial charge in [-0.05, 0) is 26.0 Å². The van der Waals surface area contributed by atoms with Crippen molar-refractivity contribution in [1.82, 2.24) is 0 Å². The van der Waals surface area contributed by atoms with Crippen molar-refractivity contribution in [3.8, 4) is 17.2 Å². The van der Waals surface area contributed by atoms with Gasteiger partial charge in [0.1, 0.15) is 12.4 Å². The van der Waals surface area contributed by atoms with E-state index in [-0.39, 0.29) is 19.3 Å². The maximum atomic E-state index is 10.5. The van der Waals surface area contributed by atoms with E-state index in [9.17, 15) is 4.57 Å². The van der Waals surface area contributed by atoms with Crippen molar-refractivity contribution in [2.45, 2.75) is 20.0 Å². The first-order valence-corrected chi connectivity index (χ1v) is 8.15. The molecule has 0 bridgehead atoms. The molecule has 2 N–H and O–H groups in total. The van der Waals surface area contributed by atoms with Crippen molar-refractivity contribution in [2.75, 3.05) is 13.2 Å². The zero-order valence-electron chi connectivity index (χ0n) is 11.0. The average Bonchev–Trinajstić information content (AvgIpc) is 2.33. The molecule has 0 saturated carbocycles. The predicted octanol–water partition coefficient (Wildman–Crippen LogP) is 2.69. The standard InChI is InChI=1S/C11H16IO7P/c1-8(2)18-11-7-9(3-4-10(11)19-12)16-5-6-17-20(13,14)15/h3-4,7-8H,5-6H2,1-2H3,(H2,13,14,15). The van der Waals surface area contributed by atoms with Crippen LogP contribution in [0.2, 0.25) is 0 Å². The summed E-state index contributed by atoms with van der Waals surface area (Å²) in [6, 6.07) is 4.99. The van der Waals surface area contributed by atoms with E-state index in [4.69, 9.17) is 22.3 Å². The Morgan fingerprint density at radius 1 is 1.25 bits per heavy atom. The lowest BCUT2D eigenvalue weighted by Gasteiger charge is -2.14. The van der Waals surface area contributed by atoms with Gasteiger partial charge in [-0.2, -0.15) is 0 Å². The van der Waals surface area contributed by atoms with Gasteiger partial charge in [0.15, 0.2) is 34.5 Å². The van der Waals surface area contributed by atoms with E-state index < -0.39 is 7.82 Å². The molecule has 0 spiro atoms. The molecule has 1 rings (SSSR count). The second kappa shape index (κ2) is 8.04. The Balaban J connectivity index is 2.60. The second-order valence-electron chi connectivity index (χ2n) is 4.02. The minimum absolute atomic E-state index is 0.0106. The van der Waals surface area contributed by atoms with Crippen molar-refractivity contribution in [1.29, 1.82) is 0 Å². The summed E-state index contributed by atoms with van der Waals surface area (Å²) in [5.74, 6) is 1.59. The van der Waals surface area contributed by atoms with Crippen molar-refractivity contribution >= 4 is 30.8 Å². The van der Waals surface area contributed by atoms with Crippen LogP contribution in [0.3, 0.4) is 0 Å². The van der Waals surface area contributed by atoms with E-state index in [2.05, 4.69) is 4.52 Å². The largest absolute Gasteiger partial charge is 0.491 e. The summed E-state index contributed by atoms with van der Waals surface area (Å²) in [4.78, 5) is 17.0. The molecule has 0 unspecified atom stereocenters. The lowest BCUT2D eigenvalue weighted by atomic mass is 10.3. The molecule has 7 nitrogen and oxygen atoms in total. The molecule has 0 amide bonds. The average molecular weight is 418 g/mol. The van der Waals surface area contributed by atoms with Gasteiger partial charge in [0, 0.05) is 6.07 Å². The summed E-state index contributed by atoms with van der Waals surface area (Å²) in [7, 11) is -4.45. The van der Waals surface area contributed by atoms with Gasteiger partial charge in [0.25, 0.3) is 0 Å². The number of halogens is 1. The molecule has 114 valence electrons. The van der Waals surface area contributed by atoms with Crippen LogP contribution in [0.4, 0.5) is 0 Å². The van der Waals surface area contributed by atoms with E-state index in [1.165, 1.54) is 0 Å². The number of phosphoric ester groups is 1. The van der Waals surface area contributed by atoms with E-state index in [0.717, 1.165) is 0 Å². The molecule has 0 fully saturated rings. The third kappa shape index (κ3) is 6.76. The van der Waals surface area contributed by atoms with Crippen LogP contribution in [0, 0.1) is 0 Å². The van der Waals surface area contributed by atoms with Crippen LogP contribution in [-0.2, 0) is 9.09 Å².